The third-order valence-electron chi connectivity index (χ3n) is 4.45. The van der Waals surface area contributed by atoms with Crippen molar-refractivity contribution in [1.29, 1.82) is 0 Å². The minimum Gasteiger partial charge on any atom is -0.497 e. The van der Waals surface area contributed by atoms with E-state index in [0.717, 1.165) is 11.8 Å². The predicted molar refractivity (Wildman–Crippen MR) is 130 cm³/mol. The van der Waals surface area contributed by atoms with Crippen LogP contribution in [0.15, 0.2) is 82.6 Å². The van der Waals surface area contributed by atoms with Gasteiger partial charge in [-0.1, -0.05) is 18.2 Å². The summed E-state index contributed by atoms with van der Waals surface area (Å²) in [4.78, 5) is 26.9. The van der Waals surface area contributed by atoms with Crippen LogP contribution >= 0.6 is 11.8 Å². The molecule has 0 heterocycles. The van der Waals surface area contributed by atoms with Crippen molar-refractivity contribution in [3.63, 3.8) is 0 Å². The highest BCUT2D eigenvalue weighted by atomic mass is 32.2. The zero-order chi connectivity index (χ0) is 24.0. The number of carbonyl (C=O) groups is 2. The first kappa shape index (κ1) is 24.1. The van der Waals surface area contributed by atoms with Gasteiger partial charge in [0, 0.05) is 30.2 Å². The Kier molecular flexibility index (Phi) is 7.62. The molecule has 0 atom stereocenters. The molecule has 0 unspecified atom stereocenters. The number of nitrogens with one attached hydrogen (secondary N) is 2. The van der Waals surface area contributed by atoms with E-state index >= 15 is 0 Å². The number of nitrogens with zero attached hydrogens (tertiary/aromatic N) is 1. The monoisotopic (exact) mass is 485 g/mol. The smallest absolute Gasteiger partial charge is 0.286 e. The first-order valence-electron chi connectivity index (χ1n) is 9.76. The summed E-state index contributed by atoms with van der Waals surface area (Å²) >= 11 is 0.984. The average molecular weight is 486 g/mol. The van der Waals surface area contributed by atoms with Gasteiger partial charge in [0.05, 0.1) is 17.7 Å². The molecular formula is C23H23N3O5S2. The number of para-hydroxylation sites is 1. The van der Waals surface area contributed by atoms with Crippen LogP contribution in [-0.2, 0) is 10.0 Å². The van der Waals surface area contributed by atoms with Crippen molar-refractivity contribution in [3.05, 3.63) is 78.4 Å². The highest BCUT2D eigenvalue weighted by Gasteiger charge is 2.18. The highest BCUT2D eigenvalue weighted by Crippen LogP contribution is 2.29. The van der Waals surface area contributed by atoms with Gasteiger partial charge in [0.25, 0.3) is 21.2 Å². The lowest BCUT2D eigenvalue weighted by molar-refractivity contribution is 0.102. The molecule has 0 aromatic heterocycles. The van der Waals surface area contributed by atoms with E-state index in [4.69, 9.17) is 4.74 Å². The number of amides is 2. The van der Waals surface area contributed by atoms with Gasteiger partial charge in [0.1, 0.15) is 5.75 Å². The Bertz CT molecular complexity index is 1260. The number of sulfonamides is 1. The number of carbonyl (C=O) groups excluding carboxylic acids is 2. The van der Waals surface area contributed by atoms with Crippen molar-refractivity contribution >= 4 is 44.3 Å². The van der Waals surface area contributed by atoms with Crippen LogP contribution in [0.2, 0.25) is 0 Å². The van der Waals surface area contributed by atoms with Crippen LogP contribution in [0, 0.1) is 0 Å². The van der Waals surface area contributed by atoms with Crippen molar-refractivity contribution in [2.45, 2.75) is 9.79 Å². The van der Waals surface area contributed by atoms with E-state index in [0.29, 0.717) is 22.0 Å². The Labute approximate surface area is 197 Å². The molecule has 0 aliphatic carbocycles. The molecule has 0 saturated carbocycles. The first-order chi connectivity index (χ1) is 15.7. The Balaban J connectivity index is 1.79. The molecule has 172 valence electrons. The molecule has 0 bridgehead atoms. The lowest BCUT2D eigenvalue weighted by Gasteiger charge is -2.13. The summed E-state index contributed by atoms with van der Waals surface area (Å²) in [7, 11) is 0.883. The third kappa shape index (κ3) is 6.27. The molecule has 0 spiro atoms. The molecular weight excluding hydrogens is 462 g/mol. The van der Waals surface area contributed by atoms with Gasteiger partial charge in [-0.25, -0.2) is 8.42 Å². The fourth-order valence-electron chi connectivity index (χ4n) is 2.72. The fourth-order valence-corrected chi connectivity index (χ4v) is 4.57. The molecule has 0 radical (unpaired) electrons. The molecule has 0 aliphatic rings. The van der Waals surface area contributed by atoms with Crippen LogP contribution in [0.3, 0.4) is 0 Å². The van der Waals surface area contributed by atoms with Crippen molar-refractivity contribution in [1.82, 2.24) is 4.90 Å². The van der Waals surface area contributed by atoms with Crippen molar-refractivity contribution in [3.8, 4) is 5.75 Å². The topological polar surface area (TPSA) is 105 Å². The van der Waals surface area contributed by atoms with Crippen LogP contribution < -0.4 is 14.8 Å². The van der Waals surface area contributed by atoms with Crippen molar-refractivity contribution < 1.29 is 22.7 Å². The SMILES string of the molecule is COc1ccc(NS(=O)(=O)c2cccc(C(=O)Nc3ccccc3SC(=O)N(C)C)c2)cc1. The zero-order valence-electron chi connectivity index (χ0n) is 18.2. The number of rotatable bonds is 7. The van der Waals surface area contributed by atoms with Crippen LogP contribution in [0.5, 0.6) is 5.75 Å². The van der Waals surface area contributed by atoms with E-state index in [1.165, 1.54) is 36.3 Å². The van der Waals surface area contributed by atoms with E-state index < -0.39 is 15.9 Å². The van der Waals surface area contributed by atoms with E-state index in [-0.39, 0.29) is 15.7 Å². The number of ether oxygens (including phenoxy) is 1. The number of hydrogen-bond acceptors (Lipinski definition) is 6. The summed E-state index contributed by atoms with van der Waals surface area (Å²) in [6.45, 7) is 0. The third-order valence-corrected chi connectivity index (χ3v) is 6.94. The maximum atomic E-state index is 12.8. The predicted octanol–water partition coefficient (Wildman–Crippen LogP) is 4.52. The maximum Gasteiger partial charge on any atom is 0.286 e. The summed E-state index contributed by atoms with van der Waals surface area (Å²) in [5, 5.41) is 2.57. The normalized spacial score (nSPS) is 10.9. The molecule has 33 heavy (non-hydrogen) atoms. The van der Waals surface area contributed by atoms with E-state index in [9.17, 15) is 18.0 Å². The van der Waals surface area contributed by atoms with Crippen molar-refractivity contribution in [2.75, 3.05) is 31.2 Å². The molecule has 3 aromatic rings. The standard InChI is InChI=1S/C23H23N3O5S2/c1-26(2)23(28)32-21-10-5-4-9-20(21)24-22(27)16-7-6-8-19(15-16)33(29,30)25-17-11-13-18(31-3)14-12-17/h4-15,25H,1-3H3,(H,24,27). The number of benzene rings is 3. The van der Waals surface area contributed by atoms with Gasteiger partial charge >= 0.3 is 0 Å². The molecule has 3 rings (SSSR count). The zero-order valence-corrected chi connectivity index (χ0v) is 19.9. The number of anilines is 2. The molecule has 10 heteroatoms. The van der Waals surface area contributed by atoms with Gasteiger partial charge in [-0.15, -0.1) is 0 Å². The Morgan fingerprint density at radius 1 is 0.939 bits per heavy atom. The average Bonchev–Trinajstić information content (AvgIpc) is 2.80. The second-order valence-corrected chi connectivity index (χ2v) is 9.75. The van der Waals surface area contributed by atoms with Gasteiger partial charge < -0.3 is 15.0 Å². The van der Waals surface area contributed by atoms with E-state index in [1.807, 2.05) is 0 Å². The van der Waals surface area contributed by atoms with Crippen LogP contribution in [0.4, 0.5) is 16.2 Å². The minimum absolute atomic E-state index is 0.0589. The summed E-state index contributed by atoms with van der Waals surface area (Å²) in [5.41, 5.74) is 0.973. The highest BCUT2D eigenvalue weighted by molar-refractivity contribution is 8.13. The lowest BCUT2D eigenvalue weighted by Crippen LogP contribution is -2.17. The molecule has 0 aliphatic heterocycles. The van der Waals surface area contributed by atoms with Crippen LogP contribution in [0.1, 0.15) is 10.4 Å². The van der Waals surface area contributed by atoms with Crippen molar-refractivity contribution in [2.24, 2.45) is 0 Å². The van der Waals surface area contributed by atoms with Gasteiger partial charge in [-0.2, -0.15) is 0 Å². The molecule has 8 nitrogen and oxygen atoms in total. The van der Waals surface area contributed by atoms with E-state index in [2.05, 4.69) is 10.0 Å². The molecule has 2 N–H and O–H groups in total. The Morgan fingerprint density at radius 2 is 1.64 bits per heavy atom. The van der Waals surface area contributed by atoms with Crippen LogP contribution in [0.25, 0.3) is 0 Å². The molecule has 0 fully saturated rings. The largest absolute Gasteiger partial charge is 0.497 e. The minimum atomic E-state index is -3.92. The summed E-state index contributed by atoms with van der Waals surface area (Å²) < 4.78 is 33.2. The van der Waals surface area contributed by atoms with Gasteiger partial charge in [0.15, 0.2) is 0 Å². The van der Waals surface area contributed by atoms with Crippen LogP contribution in [-0.4, -0.2) is 45.7 Å². The van der Waals surface area contributed by atoms with Gasteiger partial charge in [-0.3, -0.25) is 14.3 Å². The molecule has 3 aromatic carbocycles. The summed E-state index contributed by atoms with van der Waals surface area (Å²) in [5.74, 6) is 0.101. The Morgan fingerprint density at radius 3 is 2.30 bits per heavy atom. The number of methoxy groups -OCH3 is 1. The maximum absolute atomic E-state index is 12.8. The first-order valence-corrected chi connectivity index (χ1v) is 12.1. The quantitative estimate of drug-likeness (QED) is 0.477. The summed E-state index contributed by atoms with van der Waals surface area (Å²) in [6, 6.07) is 19.0. The molecule has 0 saturated heterocycles. The second kappa shape index (κ2) is 10.4. The Hall–Kier alpha value is -3.50. The number of hydrogen-bond donors (Lipinski definition) is 2. The fraction of sp³-hybridized carbons (Fsp3) is 0.130. The number of thioether (sulfide) groups is 1. The van der Waals surface area contributed by atoms with Gasteiger partial charge in [0.2, 0.25) is 0 Å². The summed E-state index contributed by atoms with van der Waals surface area (Å²) in [6.07, 6.45) is 0. The second-order valence-electron chi connectivity index (χ2n) is 7.07. The van der Waals surface area contributed by atoms with E-state index in [1.54, 1.807) is 62.6 Å². The van der Waals surface area contributed by atoms with Gasteiger partial charge in [-0.05, 0) is 66.4 Å². The molecule has 2 amide bonds. The lowest BCUT2D eigenvalue weighted by atomic mass is 10.2.